The summed E-state index contributed by atoms with van der Waals surface area (Å²) in [5.41, 5.74) is 4.57. The molecule has 1 aromatic heterocycles. The van der Waals surface area contributed by atoms with Crippen LogP contribution in [0.25, 0.3) is 22.3 Å². The van der Waals surface area contributed by atoms with Crippen LogP contribution in [0.15, 0.2) is 51.7 Å². The minimum atomic E-state index is -0.785. The summed E-state index contributed by atoms with van der Waals surface area (Å²) in [6.07, 6.45) is 2.92. The number of hydrogen-bond acceptors (Lipinski definition) is 5. The van der Waals surface area contributed by atoms with Crippen molar-refractivity contribution >= 4 is 22.8 Å². The molecule has 3 rings (SSSR count). The molecule has 1 amide bonds. The van der Waals surface area contributed by atoms with Gasteiger partial charge in [-0.15, -0.1) is 0 Å². The number of hydroxylamine groups is 1. The average molecular weight is 436 g/mol. The quantitative estimate of drug-likeness (QED) is 0.382. The van der Waals surface area contributed by atoms with E-state index in [9.17, 15) is 14.4 Å². The van der Waals surface area contributed by atoms with E-state index in [1.807, 2.05) is 31.2 Å². The van der Waals surface area contributed by atoms with Crippen LogP contribution in [0.1, 0.15) is 73.9 Å². The first-order valence-electron chi connectivity index (χ1n) is 11.0. The number of carbonyl (C=O) groups excluding carboxylic acids is 2. The van der Waals surface area contributed by atoms with Crippen molar-refractivity contribution < 1.29 is 18.8 Å². The number of para-hydroxylation sites is 1. The highest BCUT2D eigenvalue weighted by Crippen LogP contribution is 2.29. The molecule has 1 heterocycles. The van der Waals surface area contributed by atoms with Crippen LogP contribution in [-0.2, 0) is 9.63 Å². The monoisotopic (exact) mass is 435 g/mol. The molecule has 168 valence electrons. The van der Waals surface area contributed by atoms with E-state index in [1.54, 1.807) is 19.1 Å². The molecule has 6 nitrogen and oxygen atoms in total. The summed E-state index contributed by atoms with van der Waals surface area (Å²) >= 11 is 0. The molecule has 2 aromatic carbocycles. The van der Waals surface area contributed by atoms with E-state index in [0.29, 0.717) is 17.2 Å². The molecule has 0 saturated carbocycles. The largest absolute Gasteiger partial charge is 0.455 e. The number of hydrogen-bond donors (Lipinski definition) is 1. The molecule has 3 aromatic rings. The van der Waals surface area contributed by atoms with Gasteiger partial charge in [0, 0.05) is 17.5 Å². The lowest BCUT2D eigenvalue weighted by Crippen LogP contribution is -2.27. The third-order valence-electron chi connectivity index (χ3n) is 5.47. The molecular formula is C26H29NO5. The lowest BCUT2D eigenvalue weighted by atomic mass is 9.99. The molecule has 32 heavy (non-hydrogen) atoms. The zero-order valence-corrected chi connectivity index (χ0v) is 19.0. The Labute approximate surface area is 187 Å². The number of nitrogens with one attached hydrogen (secondary N) is 1. The first-order chi connectivity index (χ1) is 15.3. The smallest absolute Gasteiger partial charge is 0.366 e. The molecule has 0 fully saturated rings. The number of benzene rings is 2. The summed E-state index contributed by atoms with van der Waals surface area (Å²) in [5, 5.41) is 0.286. The molecule has 0 saturated heterocycles. The molecule has 0 aliphatic rings. The van der Waals surface area contributed by atoms with Crippen molar-refractivity contribution in [3.63, 3.8) is 0 Å². The summed E-state index contributed by atoms with van der Waals surface area (Å²) in [6.45, 7) is 7.97. The van der Waals surface area contributed by atoms with E-state index >= 15 is 0 Å². The van der Waals surface area contributed by atoms with Gasteiger partial charge >= 0.3 is 5.97 Å². The predicted molar refractivity (Wildman–Crippen MR) is 124 cm³/mol. The molecule has 0 aliphatic carbocycles. The van der Waals surface area contributed by atoms with Crippen LogP contribution in [0.4, 0.5) is 0 Å². The highest BCUT2D eigenvalue weighted by Gasteiger charge is 2.20. The van der Waals surface area contributed by atoms with E-state index in [4.69, 9.17) is 9.25 Å². The zero-order chi connectivity index (χ0) is 23.3. The summed E-state index contributed by atoms with van der Waals surface area (Å²) in [4.78, 5) is 42.5. The topological polar surface area (TPSA) is 85.6 Å². The van der Waals surface area contributed by atoms with Gasteiger partial charge in [0.15, 0.2) is 11.0 Å². The van der Waals surface area contributed by atoms with Crippen LogP contribution in [0.2, 0.25) is 0 Å². The van der Waals surface area contributed by atoms with Gasteiger partial charge in [-0.1, -0.05) is 63.9 Å². The average Bonchev–Trinajstić information content (AvgIpc) is 2.79. The Bertz CT molecular complexity index is 1180. The number of amides is 1. The van der Waals surface area contributed by atoms with Gasteiger partial charge in [-0.3, -0.25) is 9.59 Å². The molecule has 0 unspecified atom stereocenters. The Hall–Kier alpha value is -3.41. The number of fused-ring (bicyclic) bond motifs is 1. The van der Waals surface area contributed by atoms with Gasteiger partial charge in [0.05, 0.1) is 5.39 Å². The normalized spacial score (nSPS) is 11.0. The van der Waals surface area contributed by atoms with Crippen molar-refractivity contribution in [3.05, 3.63) is 69.4 Å². The summed E-state index contributed by atoms with van der Waals surface area (Å²) in [7, 11) is 0. The molecule has 1 N–H and O–H groups in total. The minimum Gasteiger partial charge on any atom is -0.455 e. The second-order valence-corrected chi connectivity index (χ2v) is 8.22. The SMILES string of the molecule is CCCCCC(=O)NOC(=O)c1cccc2c(=O)c(C)c(-c3ccc(C(C)C)cc3)oc12. The number of carbonyl (C=O) groups is 2. The van der Waals surface area contributed by atoms with Crippen molar-refractivity contribution in [3.8, 4) is 11.3 Å². The second-order valence-electron chi connectivity index (χ2n) is 8.22. The molecule has 0 radical (unpaired) electrons. The standard InChI is InChI=1S/C26H29NO5/c1-5-6-7-11-22(28)27-32-26(30)21-10-8-9-20-23(29)17(4)24(31-25(20)21)19-14-12-18(13-15-19)16(2)3/h8-10,12-16H,5-7,11H2,1-4H3,(H,27,28). The molecule has 0 spiro atoms. The Kier molecular flexibility index (Phi) is 7.46. The lowest BCUT2D eigenvalue weighted by molar-refractivity contribution is -0.130. The van der Waals surface area contributed by atoms with E-state index in [-0.39, 0.29) is 34.3 Å². The third-order valence-corrected chi connectivity index (χ3v) is 5.47. The van der Waals surface area contributed by atoms with Gasteiger partial charge in [-0.25, -0.2) is 4.79 Å². The molecule has 0 aliphatic heterocycles. The van der Waals surface area contributed by atoms with Gasteiger partial charge in [-0.05, 0) is 37.0 Å². The van der Waals surface area contributed by atoms with Crippen LogP contribution in [-0.4, -0.2) is 11.9 Å². The van der Waals surface area contributed by atoms with Crippen molar-refractivity contribution in [1.29, 1.82) is 0 Å². The van der Waals surface area contributed by atoms with Crippen molar-refractivity contribution in [2.24, 2.45) is 0 Å². The van der Waals surface area contributed by atoms with E-state index in [0.717, 1.165) is 24.8 Å². The maximum absolute atomic E-state index is 13.0. The first-order valence-corrected chi connectivity index (χ1v) is 11.0. The summed E-state index contributed by atoms with van der Waals surface area (Å²) in [5.74, 6) is -0.364. The molecular weight excluding hydrogens is 406 g/mol. The number of unbranched alkanes of at least 4 members (excludes halogenated alkanes) is 2. The Balaban J connectivity index is 1.94. The van der Waals surface area contributed by atoms with Crippen LogP contribution in [0.5, 0.6) is 0 Å². The van der Waals surface area contributed by atoms with Crippen molar-refractivity contribution in [2.45, 2.75) is 59.3 Å². The highest BCUT2D eigenvalue weighted by molar-refractivity contribution is 6.02. The fourth-order valence-electron chi connectivity index (χ4n) is 3.51. The fourth-order valence-corrected chi connectivity index (χ4v) is 3.51. The van der Waals surface area contributed by atoms with Crippen molar-refractivity contribution in [1.82, 2.24) is 5.48 Å². The first kappa shape index (κ1) is 23.3. The van der Waals surface area contributed by atoms with Gasteiger partial charge in [0.25, 0.3) is 5.91 Å². The molecule has 0 bridgehead atoms. The Morgan fingerprint density at radius 2 is 1.78 bits per heavy atom. The van der Waals surface area contributed by atoms with Crippen LogP contribution >= 0.6 is 0 Å². The van der Waals surface area contributed by atoms with Crippen LogP contribution < -0.4 is 10.9 Å². The molecule has 6 heteroatoms. The summed E-state index contributed by atoms with van der Waals surface area (Å²) in [6, 6.07) is 12.5. The fraction of sp³-hybridized carbons (Fsp3) is 0.346. The zero-order valence-electron chi connectivity index (χ0n) is 19.0. The Morgan fingerprint density at radius 1 is 1.06 bits per heavy atom. The minimum absolute atomic E-state index is 0.0773. The maximum Gasteiger partial charge on any atom is 0.366 e. The number of rotatable bonds is 7. The second kappa shape index (κ2) is 10.3. The molecule has 0 atom stereocenters. The van der Waals surface area contributed by atoms with Gasteiger partial charge in [-0.2, -0.15) is 5.48 Å². The highest BCUT2D eigenvalue weighted by atomic mass is 16.7. The van der Waals surface area contributed by atoms with E-state index < -0.39 is 5.97 Å². The van der Waals surface area contributed by atoms with E-state index in [1.165, 1.54) is 11.6 Å². The summed E-state index contributed by atoms with van der Waals surface area (Å²) < 4.78 is 6.08. The van der Waals surface area contributed by atoms with Gasteiger partial charge in [0.1, 0.15) is 11.3 Å². The van der Waals surface area contributed by atoms with Crippen LogP contribution in [0.3, 0.4) is 0 Å². The van der Waals surface area contributed by atoms with Gasteiger partial charge in [0.2, 0.25) is 0 Å². The van der Waals surface area contributed by atoms with E-state index in [2.05, 4.69) is 19.3 Å². The third kappa shape index (κ3) is 5.07. The van der Waals surface area contributed by atoms with Crippen LogP contribution in [0, 0.1) is 6.92 Å². The predicted octanol–water partition coefficient (Wildman–Crippen LogP) is 5.66. The Morgan fingerprint density at radius 3 is 2.44 bits per heavy atom. The van der Waals surface area contributed by atoms with Crippen molar-refractivity contribution in [2.75, 3.05) is 0 Å². The maximum atomic E-state index is 13.0. The lowest BCUT2D eigenvalue weighted by Gasteiger charge is -2.11. The van der Waals surface area contributed by atoms with Gasteiger partial charge < -0.3 is 9.25 Å².